The van der Waals surface area contributed by atoms with Crippen LogP contribution in [-0.4, -0.2) is 48.7 Å². The number of nitrogens with one attached hydrogen (secondary N) is 1. The Morgan fingerprint density at radius 1 is 1.27 bits per heavy atom. The number of carbonyl (C=O) groups excluding carboxylic acids is 1. The zero-order valence-corrected chi connectivity index (χ0v) is 20.6. The van der Waals surface area contributed by atoms with Crippen LogP contribution in [0.3, 0.4) is 0 Å². The molecule has 1 aromatic heterocycles. The fourth-order valence-corrected chi connectivity index (χ4v) is 4.48. The van der Waals surface area contributed by atoms with E-state index in [1.807, 2.05) is 17.8 Å². The lowest BCUT2D eigenvalue weighted by atomic mass is 10.0. The van der Waals surface area contributed by atoms with Gasteiger partial charge in [-0.25, -0.2) is 9.48 Å². The Hall–Kier alpha value is -2.92. The second-order valence-electron chi connectivity index (χ2n) is 9.40. The first-order chi connectivity index (χ1) is 15.6. The minimum absolute atomic E-state index is 0.0728. The number of anilines is 1. The zero-order valence-electron chi connectivity index (χ0n) is 19.6. The number of nitrogens with zero attached hydrogens (tertiary/aromatic N) is 3. The fourth-order valence-electron chi connectivity index (χ4n) is 3.72. The smallest absolute Gasteiger partial charge is 0.431 e. The highest BCUT2D eigenvalue weighted by molar-refractivity contribution is 6.76. The average molecular weight is 477 g/mol. The van der Waals surface area contributed by atoms with Crippen LogP contribution in [0.25, 0.3) is 0 Å². The fraction of sp³-hybridized carbons (Fsp3) is 0.545. The zero-order chi connectivity index (χ0) is 24.0. The molecule has 0 spiro atoms. The molecule has 33 heavy (non-hydrogen) atoms. The molecule has 0 bridgehead atoms. The largest absolute Gasteiger partial charge is 0.514 e. The predicted molar refractivity (Wildman–Crippen MR) is 126 cm³/mol. The van der Waals surface area contributed by atoms with E-state index in [9.17, 15) is 14.9 Å². The molecule has 0 amide bonds. The lowest BCUT2D eigenvalue weighted by molar-refractivity contribution is -0.384. The van der Waals surface area contributed by atoms with Gasteiger partial charge >= 0.3 is 6.16 Å². The Bertz CT molecular complexity index is 957. The minimum atomic E-state index is -1.15. The van der Waals surface area contributed by atoms with Crippen molar-refractivity contribution in [3.05, 3.63) is 46.1 Å². The van der Waals surface area contributed by atoms with Gasteiger partial charge in [0, 0.05) is 51.5 Å². The Balaban J connectivity index is 1.53. The molecule has 0 saturated heterocycles. The van der Waals surface area contributed by atoms with E-state index >= 15 is 0 Å². The van der Waals surface area contributed by atoms with Gasteiger partial charge in [0.05, 0.1) is 4.92 Å². The van der Waals surface area contributed by atoms with E-state index in [2.05, 4.69) is 30.1 Å². The third-order valence-corrected chi connectivity index (χ3v) is 7.30. The van der Waals surface area contributed by atoms with Gasteiger partial charge in [0.1, 0.15) is 24.4 Å². The Morgan fingerprint density at radius 2 is 2.00 bits per heavy atom. The predicted octanol–water partition coefficient (Wildman–Crippen LogP) is 5.00. The molecular formula is C22H32N4O6Si. The maximum Gasteiger partial charge on any atom is 0.514 e. The molecule has 10 nitrogen and oxygen atoms in total. The summed E-state index contributed by atoms with van der Waals surface area (Å²) in [7, 11) is 0.676. The van der Waals surface area contributed by atoms with Crippen molar-refractivity contribution in [1.82, 2.24) is 9.78 Å². The Kier molecular flexibility index (Phi) is 8.09. The summed E-state index contributed by atoms with van der Waals surface area (Å²) in [5.41, 5.74) is 0.985. The van der Waals surface area contributed by atoms with Crippen molar-refractivity contribution < 1.29 is 23.9 Å². The number of carbonyl (C=O) groups is 1. The summed E-state index contributed by atoms with van der Waals surface area (Å²) in [6.45, 7) is 8.07. The molecule has 180 valence electrons. The molecule has 11 heteroatoms. The second kappa shape index (κ2) is 10.8. The van der Waals surface area contributed by atoms with Gasteiger partial charge in [-0.05, 0) is 37.4 Å². The standard InChI is InChI=1S/C22H32N4O6Si/c1-23-21-14-20(25(24-21)15-30-11-12-33(2,3)4)16-5-8-19(13-16)32-22(27)31-18-9-6-17(7-10-18)26(28)29/h6-7,9-10,14,16,19H,5,8,11-13,15H2,1-4H3,(H,23,24)/t16-,19+/m0/s1. The van der Waals surface area contributed by atoms with E-state index < -0.39 is 19.2 Å². The second-order valence-corrected chi connectivity index (χ2v) is 15.0. The number of hydrogen-bond donors (Lipinski definition) is 1. The minimum Gasteiger partial charge on any atom is -0.431 e. The van der Waals surface area contributed by atoms with Crippen LogP contribution in [0, 0.1) is 10.1 Å². The number of non-ortho nitro benzene ring substituents is 1. The Morgan fingerprint density at radius 3 is 2.64 bits per heavy atom. The lowest BCUT2D eigenvalue weighted by Crippen LogP contribution is -2.22. The number of nitro groups is 1. The van der Waals surface area contributed by atoms with Gasteiger partial charge in [0.25, 0.3) is 5.69 Å². The van der Waals surface area contributed by atoms with Crippen LogP contribution in [-0.2, 0) is 16.2 Å². The summed E-state index contributed by atoms with van der Waals surface area (Å²) in [6, 6.07) is 8.41. The van der Waals surface area contributed by atoms with Crippen LogP contribution >= 0.6 is 0 Å². The summed E-state index contributed by atoms with van der Waals surface area (Å²) in [4.78, 5) is 22.4. The van der Waals surface area contributed by atoms with E-state index in [0.717, 1.165) is 37.0 Å². The molecule has 1 N–H and O–H groups in total. The molecule has 1 aliphatic rings. The number of nitro benzene ring substituents is 1. The van der Waals surface area contributed by atoms with Gasteiger partial charge in [0.2, 0.25) is 0 Å². The summed E-state index contributed by atoms with van der Waals surface area (Å²) in [5, 5.41) is 18.4. The summed E-state index contributed by atoms with van der Waals surface area (Å²) in [6.07, 6.45) is 1.16. The van der Waals surface area contributed by atoms with Crippen LogP contribution < -0.4 is 10.1 Å². The van der Waals surface area contributed by atoms with Crippen molar-refractivity contribution >= 4 is 25.7 Å². The van der Waals surface area contributed by atoms with E-state index in [0.29, 0.717) is 13.2 Å². The van der Waals surface area contributed by atoms with Gasteiger partial charge < -0.3 is 19.5 Å². The average Bonchev–Trinajstić information content (AvgIpc) is 3.37. The van der Waals surface area contributed by atoms with Gasteiger partial charge in [-0.3, -0.25) is 10.1 Å². The first-order valence-corrected chi connectivity index (χ1v) is 14.8. The quantitative estimate of drug-likeness (QED) is 0.127. The van der Waals surface area contributed by atoms with Gasteiger partial charge in [0.15, 0.2) is 0 Å². The molecule has 0 radical (unpaired) electrons. The lowest BCUT2D eigenvalue weighted by Gasteiger charge is -2.17. The molecule has 1 aromatic carbocycles. The van der Waals surface area contributed by atoms with Crippen molar-refractivity contribution in [3.8, 4) is 5.75 Å². The molecule has 0 unspecified atom stereocenters. The third-order valence-electron chi connectivity index (χ3n) is 5.59. The van der Waals surface area contributed by atoms with Crippen molar-refractivity contribution in [1.29, 1.82) is 0 Å². The first kappa shape index (κ1) is 24.7. The van der Waals surface area contributed by atoms with Crippen LogP contribution in [0.2, 0.25) is 25.7 Å². The van der Waals surface area contributed by atoms with Crippen molar-refractivity contribution in [3.63, 3.8) is 0 Å². The number of aromatic nitrogens is 2. The number of hydrogen-bond acceptors (Lipinski definition) is 8. The van der Waals surface area contributed by atoms with Crippen LogP contribution in [0.1, 0.15) is 30.9 Å². The van der Waals surface area contributed by atoms with E-state index in [4.69, 9.17) is 14.2 Å². The SMILES string of the molecule is CNc1cc([C@H]2CC[C@@H](OC(=O)Oc3ccc([N+](=O)[O-])cc3)C2)n(COCC[Si](C)(C)C)n1. The van der Waals surface area contributed by atoms with Gasteiger partial charge in [-0.1, -0.05) is 19.6 Å². The first-order valence-electron chi connectivity index (χ1n) is 11.1. The molecule has 1 aliphatic carbocycles. The topological polar surface area (TPSA) is 118 Å². The van der Waals surface area contributed by atoms with E-state index in [-0.39, 0.29) is 23.5 Å². The van der Waals surface area contributed by atoms with Crippen molar-refractivity contribution in [2.75, 3.05) is 19.0 Å². The Labute approximate surface area is 194 Å². The molecule has 1 fully saturated rings. The van der Waals surface area contributed by atoms with Gasteiger partial charge in [-0.2, -0.15) is 5.10 Å². The molecule has 1 saturated carbocycles. The van der Waals surface area contributed by atoms with Crippen LogP contribution in [0.4, 0.5) is 16.3 Å². The molecule has 0 aliphatic heterocycles. The molecule has 2 aromatic rings. The maximum atomic E-state index is 12.2. The van der Waals surface area contributed by atoms with Crippen molar-refractivity contribution in [2.24, 2.45) is 0 Å². The highest BCUT2D eigenvalue weighted by Crippen LogP contribution is 2.37. The monoisotopic (exact) mass is 476 g/mol. The third kappa shape index (κ3) is 7.29. The maximum absolute atomic E-state index is 12.2. The number of rotatable bonds is 10. The summed E-state index contributed by atoms with van der Waals surface area (Å²) in [5.74, 6) is 1.17. The van der Waals surface area contributed by atoms with Crippen LogP contribution in [0.15, 0.2) is 30.3 Å². The molecule has 2 atom stereocenters. The van der Waals surface area contributed by atoms with E-state index in [1.54, 1.807) is 0 Å². The van der Waals surface area contributed by atoms with Crippen molar-refractivity contribution in [2.45, 2.75) is 63.7 Å². The number of benzene rings is 1. The highest BCUT2D eigenvalue weighted by atomic mass is 28.3. The molecule has 1 heterocycles. The normalized spacial score (nSPS) is 18.2. The summed E-state index contributed by atoms with van der Waals surface area (Å²) < 4.78 is 18.4. The highest BCUT2D eigenvalue weighted by Gasteiger charge is 2.32. The summed E-state index contributed by atoms with van der Waals surface area (Å²) >= 11 is 0. The molecule has 3 rings (SSSR count). The van der Waals surface area contributed by atoms with E-state index in [1.165, 1.54) is 24.3 Å². The van der Waals surface area contributed by atoms with Gasteiger partial charge in [-0.15, -0.1) is 0 Å². The number of ether oxygens (including phenoxy) is 3. The van der Waals surface area contributed by atoms with Crippen LogP contribution in [0.5, 0.6) is 5.75 Å². The molecular weight excluding hydrogens is 444 g/mol.